The third-order valence-electron chi connectivity index (χ3n) is 2.13. The fourth-order valence-corrected chi connectivity index (χ4v) is 1.05. The molecule has 3 amide bonds. The maximum Gasteiger partial charge on any atom is 0.326 e. The molecule has 0 unspecified atom stereocenters. The van der Waals surface area contributed by atoms with Gasteiger partial charge in [0.15, 0.2) is 0 Å². The van der Waals surface area contributed by atoms with Gasteiger partial charge < -0.3 is 20.6 Å². The fourth-order valence-electron chi connectivity index (χ4n) is 1.05. The molecule has 0 rings (SSSR count). The quantitative estimate of drug-likeness (QED) is 0.594. The van der Waals surface area contributed by atoms with E-state index in [1.807, 2.05) is 0 Å². The maximum absolute atomic E-state index is 11.3. The van der Waals surface area contributed by atoms with Gasteiger partial charge in [-0.2, -0.15) is 0 Å². The third-order valence-corrected chi connectivity index (χ3v) is 2.13. The third kappa shape index (κ3) is 6.39. The average molecular weight is 245 g/mol. The normalized spacial score (nSPS) is 11.5. The molecule has 98 valence electrons. The van der Waals surface area contributed by atoms with Crippen molar-refractivity contribution in [2.75, 3.05) is 20.6 Å². The second-order valence-corrected chi connectivity index (χ2v) is 3.74. The van der Waals surface area contributed by atoms with Crippen LogP contribution in [-0.2, 0) is 9.59 Å². The Morgan fingerprint density at radius 1 is 1.29 bits per heavy atom. The molecule has 0 aliphatic heterocycles. The highest BCUT2D eigenvalue weighted by Crippen LogP contribution is 1.90. The van der Waals surface area contributed by atoms with Gasteiger partial charge in [-0.1, -0.05) is 6.92 Å². The van der Waals surface area contributed by atoms with Gasteiger partial charge in [-0.05, 0) is 6.42 Å². The zero-order valence-electron chi connectivity index (χ0n) is 10.3. The van der Waals surface area contributed by atoms with Gasteiger partial charge in [-0.25, -0.2) is 9.59 Å². The van der Waals surface area contributed by atoms with Crippen molar-refractivity contribution in [2.45, 2.75) is 25.8 Å². The molecule has 3 N–H and O–H groups in total. The fraction of sp³-hybridized carbons (Fsp3) is 0.700. The van der Waals surface area contributed by atoms with E-state index in [1.54, 1.807) is 21.0 Å². The Bertz CT molecular complexity index is 291. The lowest BCUT2D eigenvalue weighted by Gasteiger charge is -2.14. The Labute approximate surface area is 100 Å². The number of hydrogen-bond donors (Lipinski definition) is 3. The van der Waals surface area contributed by atoms with E-state index in [0.29, 0.717) is 6.42 Å². The summed E-state index contributed by atoms with van der Waals surface area (Å²) < 4.78 is 0. The van der Waals surface area contributed by atoms with Crippen molar-refractivity contribution in [3.05, 3.63) is 0 Å². The molecule has 0 aromatic carbocycles. The first-order valence-electron chi connectivity index (χ1n) is 5.35. The first-order chi connectivity index (χ1) is 7.88. The summed E-state index contributed by atoms with van der Waals surface area (Å²) in [5.41, 5.74) is 0. The van der Waals surface area contributed by atoms with Crippen molar-refractivity contribution in [1.82, 2.24) is 15.5 Å². The van der Waals surface area contributed by atoms with Crippen molar-refractivity contribution in [1.29, 1.82) is 0 Å². The highest BCUT2D eigenvalue weighted by Gasteiger charge is 2.17. The molecule has 17 heavy (non-hydrogen) atoms. The van der Waals surface area contributed by atoms with E-state index in [9.17, 15) is 14.4 Å². The lowest BCUT2D eigenvalue weighted by molar-refractivity contribution is -0.139. The molecule has 0 aliphatic rings. The van der Waals surface area contributed by atoms with Crippen LogP contribution >= 0.6 is 0 Å². The van der Waals surface area contributed by atoms with Crippen molar-refractivity contribution in [2.24, 2.45) is 0 Å². The highest BCUT2D eigenvalue weighted by atomic mass is 16.4. The van der Waals surface area contributed by atoms with E-state index in [4.69, 9.17) is 5.11 Å². The van der Waals surface area contributed by atoms with Gasteiger partial charge in [0.25, 0.3) is 0 Å². The van der Waals surface area contributed by atoms with Gasteiger partial charge >= 0.3 is 12.0 Å². The lowest BCUT2D eigenvalue weighted by atomic mass is 10.2. The standard InChI is InChI=1S/C10H19N3O4/c1-4-7(9(15)16)12-10(17)11-6-5-8(14)13(2)3/h7H,4-6H2,1-3H3,(H,15,16)(H2,11,12,17)/t7-/m1/s1. The largest absolute Gasteiger partial charge is 0.480 e. The number of aliphatic carboxylic acids is 1. The Balaban J connectivity index is 3.87. The van der Waals surface area contributed by atoms with Gasteiger partial charge in [-0.15, -0.1) is 0 Å². The minimum absolute atomic E-state index is 0.101. The number of urea groups is 1. The molecule has 1 atom stereocenters. The summed E-state index contributed by atoms with van der Waals surface area (Å²) in [5, 5.41) is 13.4. The van der Waals surface area contributed by atoms with Crippen LogP contribution in [-0.4, -0.2) is 54.6 Å². The van der Waals surface area contributed by atoms with Crippen molar-refractivity contribution < 1.29 is 19.5 Å². The van der Waals surface area contributed by atoms with Gasteiger partial charge in [0.2, 0.25) is 5.91 Å². The summed E-state index contributed by atoms with van der Waals surface area (Å²) in [7, 11) is 3.25. The maximum atomic E-state index is 11.3. The summed E-state index contributed by atoms with van der Waals surface area (Å²) in [6.07, 6.45) is 0.490. The molecule has 0 fully saturated rings. The Kier molecular flexibility index (Phi) is 6.69. The number of rotatable bonds is 6. The van der Waals surface area contributed by atoms with E-state index in [-0.39, 0.29) is 18.9 Å². The van der Waals surface area contributed by atoms with Crippen LogP contribution in [0.1, 0.15) is 19.8 Å². The van der Waals surface area contributed by atoms with Gasteiger partial charge in [0, 0.05) is 27.1 Å². The molecule has 0 radical (unpaired) electrons. The zero-order valence-corrected chi connectivity index (χ0v) is 10.3. The smallest absolute Gasteiger partial charge is 0.326 e. The van der Waals surface area contributed by atoms with Crippen LogP contribution in [0.25, 0.3) is 0 Å². The summed E-state index contributed by atoms with van der Waals surface area (Å²) in [4.78, 5) is 34.5. The van der Waals surface area contributed by atoms with E-state index >= 15 is 0 Å². The van der Waals surface area contributed by atoms with E-state index in [0.717, 1.165) is 0 Å². The molecule has 7 nitrogen and oxygen atoms in total. The molecule has 7 heteroatoms. The highest BCUT2D eigenvalue weighted by molar-refractivity contribution is 5.83. The van der Waals surface area contributed by atoms with Crippen LogP contribution in [0.2, 0.25) is 0 Å². The van der Waals surface area contributed by atoms with Gasteiger partial charge in [0.05, 0.1) is 0 Å². The molecule has 0 heterocycles. The monoisotopic (exact) mass is 245 g/mol. The number of nitrogens with one attached hydrogen (secondary N) is 2. The second-order valence-electron chi connectivity index (χ2n) is 3.74. The predicted octanol–water partition coefficient (Wildman–Crippen LogP) is -0.373. The number of carboxylic acid groups (broad SMARTS) is 1. The van der Waals surface area contributed by atoms with Crippen molar-refractivity contribution in [3.8, 4) is 0 Å². The van der Waals surface area contributed by atoms with E-state index in [1.165, 1.54) is 4.90 Å². The van der Waals surface area contributed by atoms with Gasteiger partial charge in [-0.3, -0.25) is 4.79 Å². The van der Waals surface area contributed by atoms with Crippen LogP contribution in [0.5, 0.6) is 0 Å². The number of amides is 3. The topological polar surface area (TPSA) is 98.7 Å². The van der Waals surface area contributed by atoms with Crippen LogP contribution in [0.3, 0.4) is 0 Å². The molecule has 0 spiro atoms. The minimum atomic E-state index is -1.08. The molecule has 0 aromatic heterocycles. The SMILES string of the molecule is CC[C@@H](NC(=O)NCCC(=O)N(C)C)C(=O)O. The summed E-state index contributed by atoms with van der Waals surface area (Å²) >= 11 is 0. The molecular weight excluding hydrogens is 226 g/mol. The summed E-state index contributed by atoms with van der Waals surface area (Å²) in [6, 6.07) is -1.48. The van der Waals surface area contributed by atoms with Crippen molar-refractivity contribution in [3.63, 3.8) is 0 Å². The molecule has 0 saturated carbocycles. The number of carbonyl (C=O) groups excluding carboxylic acids is 2. The average Bonchev–Trinajstić information content (AvgIpc) is 2.25. The van der Waals surface area contributed by atoms with Crippen LogP contribution in [0.4, 0.5) is 4.79 Å². The van der Waals surface area contributed by atoms with Gasteiger partial charge in [0.1, 0.15) is 6.04 Å². The Hall–Kier alpha value is -1.79. The van der Waals surface area contributed by atoms with Crippen LogP contribution < -0.4 is 10.6 Å². The molecule has 0 aromatic rings. The molecule has 0 bridgehead atoms. The van der Waals surface area contributed by atoms with Crippen molar-refractivity contribution >= 4 is 17.9 Å². The zero-order chi connectivity index (χ0) is 13.4. The number of carboxylic acids is 1. The van der Waals surface area contributed by atoms with Crippen LogP contribution in [0, 0.1) is 0 Å². The number of nitrogens with zero attached hydrogens (tertiary/aromatic N) is 1. The van der Waals surface area contributed by atoms with E-state index < -0.39 is 18.0 Å². The summed E-state index contributed by atoms with van der Waals surface area (Å²) in [6.45, 7) is 1.84. The number of hydrogen-bond acceptors (Lipinski definition) is 3. The predicted molar refractivity (Wildman–Crippen MR) is 61.6 cm³/mol. The Morgan fingerprint density at radius 3 is 2.29 bits per heavy atom. The number of carbonyl (C=O) groups is 3. The first-order valence-corrected chi connectivity index (χ1v) is 5.35. The first kappa shape index (κ1) is 15.2. The molecule has 0 saturated heterocycles. The van der Waals surface area contributed by atoms with Crippen LogP contribution in [0.15, 0.2) is 0 Å². The second kappa shape index (κ2) is 7.48. The lowest BCUT2D eigenvalue weighted by Crippen LogP contribution is -2.46. The van der Waals surface area contributed by atoms with E-state index in [2.05, 4.69) is 10.6 Å². The summed E-state index contributed by atoms with van der Waals surface area (Å²) in [5.74, 6) is -1.18. The molecular formula is C10H19N3O4. The molecule has 0 aliphatic carbocycles. The minimum Gasteiger partial charge on any atom is -0.480 e. The Morgan fingerprint density at radius 2 is 1.88 bits per heavy atom.